The van der Waals surface area contributed by atoms with Crippen molar-refractivity contribution in [2.24, 2.45) is 11.8 Å². The van der Waals surface area contributed by atoms with Gasteiger partial charge in [-0.1, -0.05) is 172 Å². The molecule has 1 saturated heterocycles. The average molecular weight is 919 g/mol. The van der Waals surface area contributed by atoms with Crippen LogP contribution in [0.5, 0.6) is 0 Å². The number of carbonyl (C=O) groups excluding carboxylic acids is 1. The summed E-state index contributed by atoms with van der Waals surface area (Å²) in [5.41, 5.74) is 2.01. The summed E-state index contributed by atoms with van der Waals surface area (Å²) in [6, 6.07) is 52.5. The molecular weight excluding hydrogens is 857 g/mol. The van der Waals surface area contributed by atoms with Gasteiger partial charge in [0.05, 0.1) is 12.0 Å². The molecule has 7 rings (SSSR count). The van der Waals surface area contributed by atoms with Crippen LogP contribution in [0.3, 0.4) is 0 Å². The van der Waals surface area contributed by atoms with E-state index in [-0.39, 0.29) is 34.2 Å². The second-order valence-corrected chi connectivity index (χ2v) is 24.7. The van der Waals surface area contributed by atoms with Crippen LogP contribution in [0, 0.1) is 11.8 Å². The number of hydrogen-bond donors (Lipinski definition) is 0. The second-order valence-electron chi connectivity index (χ2n) is 17.8. The van der Waals surface area contributed by atoms with Crippen molar-refractivity contribution in [3.63, 3.8) is 0 Å². The third-order valence-electron chi connectivity index (χ3n) is 12.6. The fourth-order valence-corrected chi connectivity index (χ4v) is 16.1. The molecule has 5 aromatic rings. The Labute approximate surface area is 390 Å². The quantitative estimate of drug-likeness (QED) is 0.0755. The number of rotatable bonds is 15. The van der Waals surface area contributed by atoms with Gasteiger partial charge in [0.2, 0.25) is 4.38 Å². The summed E-state index contributed by atoms with van der Waals surface area (Å²) in [4.78, 5) is 16.1. The Kier molecular flexibility index (Phi) is 16.6. The Balaban J connectivity index is 1.22. The summed E-state index contributed by atoms with van der Waals surface area (Å²) in [7, 11) is -1.08. The van der Waals surface area contributed by atoms with E-state index < -0.39 is 38.8 Å². The number of Topliss-reactive ketones (excluding diaryl/α,β-unsaturated/α-hetero) is 1. The summed E-state index contributed by atoms with van der Waals surface area (Å²) >= 11 is 8.91. The molecule has 0 spiro atoms. The minimum absolute atomic E-state index is 0.0662. The van der Waals surface area contributed by atoms with E-state index in [1.54, 1.807) is 18.9 Å². The van der Waals surface area contributed by atoms with Gasteiger partial charge in [0.25, 0.3) is 8.32 Å². The Bertz CT molecular complexity index is 2140. The molecule has 332 valence electrons. The van der Waals surface area contributed by atoms with Gasteiger partial charge in [0, 0.05) is 42.1 Å². The summed E-state index contributed by atoms with van der Waals surface area (Å²) in [6.45, 7) is 9.13. The maximum atomic E-state index is 15.0. The zero-order valence-corrected chi connectivity index (χ0v) is 40.8. The number of thiocarbonyl (C=S) groups is 1. The van der Waals surface area contributed by atoms with Crippen molar-refractivity contribution in [3.05, 3.63) is 163 Å². The zero-order chi connectivity index (χ0) is 44.4. The largest absolute Gasteiger partial charge is 0.474 e. The standard InChI is InChI=1S/C53H62O6S3Si/c1-37(59-63(53(2,3)4,41-30-18-10-19-31-41)42-32-20-11-21-33-42)23-22-34-45(56-52(60)61-6)48-43-35-47(55-5)57-49(38-24-12-7-13-25-38)50(39-26-14-8-15-27-39)58-51(43)46(36-44(48)54)62-40-28-16-9-17-29-40/h7-21,24-33,37,43,45-51H,22-23,34-36H2,1-6H3/t37-,43+,45-,46+,47+,48+,49+,50+,51+/m0/s1. The van der Waals surface area contributed by atoms with E-state index in [2.05, 4.69) is 125 Å². The summed E-state index contributed by atoms with van der Waals surface area (Å²) < 4.78 is 35.4. The first-order valence-electron chi connectivity index (χ1n) is 22.2. The van der Waals surface area contributed by atoms with Crippen LogP contribution in [0.4, 0.5) is 0 Å². The molecule has 1 aliphatic carbocycles. The summed E-state index contributed by atoms with van der Waals surface area (Å²) in [6.07, 6.45) is 2.47. The highest BCUT2D eigenvalue weighted by atomic mass is 32.2. The van der Waals surface area contributed by atoms with E-state index in [4.69, 9.17) is 35.6 Å². The first kappa shape index (κ1) is 47.4. The van der Waals surface area contributed by atoms with Crippen LogP contribution in [-0.4, -0.2) is 61.7 Å². The smallest absolute Gasteiger partial charge is 0.261 e. The van der Waals surface area contributed by atoms with Crippen LogP contribution in [0.2, 0.25) is 5.04 Å². The molecule has 0 bridgehead atoms. The highest BCUT2D eigenvalue weighted by Crippen LogP contribution is 2.50. The van der Waals surface area contributed by atoms with Gasteiger partial charge in [0.15, 0.2) is 6.29 Å². The fraction of sp³-hybridized carbons (Fsp3) is 0.396. The molecule has 10 heteroatoms. The molecule has 1 aliphatic heterocycles. The maximum absolute atomic E-state index is 15.0. The first-order chi connectivity index (χ1) is 30.5. The topological polar surface area (TPSA) is 63.2 Å². The number of carbonyl (C=O) groups is 1. The predicted octanol–water partition coefficient (Wildman–Crippen LogP) is 11.8. The van der Waals surface area contributed by atoms with Crippen molar-refractivity contribution < 1.29 is 28.2 Å². The molecule has 0 N–H and O–H groups in total. The number of benzene rings is 5. The summed E-state index contributed by atoms with van der Waals surface area (Å²) in [5, 5.41) is 2.21. The van der Waals surface area contributed by atoms with E-state index in [1.807, 2.05) is 60.9 Å². The second kappa shape index (κ2) is 22.1. The van der Waals surface area contributed by atoms with Gasteiger partial charge in [0.1, 0.15) is 24.1 Å². The minimum atomic E-state index is -2.77. The highest BCUT2D eigenvalue weighted by Gasteiger charge is 2.54. The van der Waals surface area contributed by atoms with Gasteiger partial charge in [-0.25, -0.2) is 0 Å². The van der Waals surface area contributed by atoms with E-state index in [0.29, 0.717) is 23.6 Å². The van der Waals surface area contributed by atoms with Crippen LogP contribution in [-0.2, 0) is 28.2 Å². The lowest BCUT2D eigenvalue weighted by Crippen LogP contribution is -2.67. The highest BCUT2D eigenvalue weighted by molar-refractivity contribution is 8.22. The van der Waals surface area contributed by atoms with Crippen molar-refractivity contribution in [3.8, 4) is 0 Å². The van der Waals surface area contributed by atoms with Gasteiger partial charge in [-0.15, -0.1) is 11.8 Å². The van der Waals surface area contributed by atoms with E-state index in [1.165, 1.54) is 22.1 Å². The van der Waals surface area contributed by atoms with Gasteiger partial charge in [-0.05, 0) is 83.3 Å². The van der Waals surface area contributed by atoms with Crippen molar-refractivity contribution >= 4 is 64.6 Å². The lowest BCUT2D eigenvalue weighted by molar-refractivity contribution is -0.243. The SMILES string of the molecule is CO[C@H]1C[C@H]2[C@@H](O[C@H](c3ccccc3)[C@@H](c3ccccc3)O1)[C@H](Sc1ccccc1)CC(=O)[C@@H]2[C@H](CCC[C@H](C)O[Si](c1ccccc1)(c1ccccc1)C(C)(C)C)OC(=S)SC. The molecular formula is C53H62O6S3Si. The number of thioether (sulfide) groups is 2. The van der Waals surface area contributed by atoms with Gasteiger partial charge in [-0.3, -0.25) is 4.79 Å². The zero-order valence-electron chi connectivity index (χ0n) is 37.3. The minimum Gasteiger partial charge on any atom is -0.474 e. The van der Waals surface area contributed by atoms with Crippen LogP contribution >= 0.6 is 35.7 Å². The maximum Gasteiger partial charge on any atom is 0.261 e. The molecule has 0 amide bonds. The Hall–Kier alpha value is -3.58. The van der Waals surface area contributed by atoms with E-state index in [0.717, 1.165) is 28.9 Å². The molecule has 0 unspecified atom stereocenters. The molecule has 0 radical (unpaired) electrons. The fourth-order valence-electron chi connectivity index (χ4n) is 9.74. The van der Waals surface area contributed by atoms with Crippen LogP contribution in [0.1, 0.15) is 83.1 Å². The van der Waals surface area contributed by atoms with Crippen LogP contribution in [0.15, 0.2) is 157 Å². The van der Waals surface area contributed by atoms with Crippen molar-refractivity contribution in [1.82, 2.24) is 0 Å². The molecule has 9 atom stereocenters. The van der Waals surface area contributed by atoms with Crippen molar-refractivity contribution in [2.75, 3.05) is 13.4 Å². The molecule has 2 fully saturated rings. The van der Waals surface area contributed by atoms with E-state index in [9.17, 15) is 0 Å². The monoisotopic (exact) mass is 918 g/mol. The van der Waals surface area contributed by atoms with E-state index >= 15 is 4.79 Å². The Morgan fingerprint density at radius 3 is 1.78 bits per heavy atom. The third kappa shape index (κ3) is 11.3. The van der Waals surface area contributed by atoms with Gasteiger partial charge >= 0.3 is 0 Å². The molecule has 1 heterocycles. The number of fused-ring (bicyclic) bond motifs is 1. The van der Waals surface area contributed by atoms with Crippen molar-refractivity contribution in [2.45, 2.75) is 112 Å². The predicted molar refractivity (Wildman–Crippen MR) is 265 cm³/mol. The average Bonchev–Trinajstić information content (AvgIpc) is 3.29. The molecule has 5 aromatic carbocycles. The molecule has 1 saturated carbocycles. The van der Waals surface area contributed by atoms with Crippen LogP contribution in [0.25, 0.3) is 0 Å². The summed E-state index contributed by atoms with van der Waals surface area (Å²) in [5.74, 6) is -0.641. The van der Waals surface area contributed by atoms with Gasteiger partial charge in [-0.2, -0.15) is 0 Å². The van der Waals surface area contributed by atoms with Gasteiger partial charge < -0.3 is 23.4 Å². The lowest BCUT2D eigenvalue weighted by atomic mass is 9.70. The molecule has 0 aromatic heterocycles. The van der Waals surface area contributed by atoms with Crippen molar-refractivity contribution in [1.29, 1.82) is 0 Å². The normalized spacial score (nSPS) is 24.0. The number of hydrogen-bond acceptors (Lipinski definition) is 9. The third-order valence-corrected chi connectivity index (χ3v) is 20.1. The molecule has 63 heavy (non-hydrogen) atoms. The van der Waals surface area contributed by atoms with Crippen LogP contribution < -0.4 is 10.4 Å². The molecule has 2 aliphatic rings. The first-order valence-corrected chi connectivity index (χ1v) is 26.7. The number of methoxy groups -OCH3 is 1. The lowest BCUT2D eigenvalue weighted by Gasteiger charge is -2.49. The Morgan fingerprint density at radius 1 is 0.762 bits per heavy atom. The number of ketones is 1. The number of ether oxygens (including phenoxy) is 4. The molecule has 6 nitrogen and oxygen atoms in total. The Morgan fingerprint density at radius 2 is 1.27 bits per heavy atom.